The van der Waals surface area contributed by atoms with Gasteiger partial charge in [0.05, 0.1) is 13.2 Å². The number of aromatic nitrogens is 1. The smallest absolute Gasteiger partial charge is 0.170 e. The molecule has 0 bridgehead atoms. The summed E-state index contributed by atoms with van der Waals surface area (Å²) in [6.07, 6.45) is 0. The van der Waals surface area contributed by atoms with Crippen molar-refractivity contribution in [3.63, 3.8) is 0 Å². The largest absolute Gasteiger partial charge is 0.508 e. The van der Waals surface area contributed by atoms with Gasteiger partial charge in [0.25, 0.3) is 0 Å². The molecular weight excluding hydrogens is 340 g/mol. The maximum atomic E-state index is 10.7. The number of hydrogen-bond donors (Lipinski definition) is 2. The third kappa shape index (κ3) is 3.31. The van der Waals surface area contributed by atoms with Crippen LogP contribution in [0.15, 0.2) is 71.3 Å². The Hall–Kier alpha value is -3.47. The number of nitrogens with zero attached hydrogens (tertiary/aromatic N) is 1. The van der Waals surface area contributed by atoms with E-state index in [4.69, 9.17) is 9.26 Å². The molecule has 136 valence electrons. The number of phenols is 1. The monoisotopic (exact) mass is 360 g/mol. The van der Waals surface area contributed by atoms with Gasteiger partial charge in [0.15, 0.2) is 5.82 Å². The Morgan fingerprint density at radius 3 is 2.52 bits per heavy atom. The molecule has 2 N–H and O–H groups in total. The maximum Gasteiger partial charge on any atom is 0.170 e. The Bertz CT molecular complexity index is 1070. The summed E-state index contributed by atoms with van der Waals surface area (Å²) in [6, 6.07) is 20.9. The number of fused-ring (bicyclic) bond motifs is 1. The van der Waals surface area contributed by atoms with Crippen LogP contribution in [0.2, 0.25) is 0 Å². The van der Waals surface area contributed by atoms with E-state index in [0.29, 0.717) is 11.6 Å². The molecule has 1 atom stereocenters. The van der Waals surface area contributed by atoms with Crippen LogP contribution in [0, 0.1) is 6.92 Å². The minimum absolute atomic E-state index is 0.224. The highest BCUT2D eigenvalue weighted by Crippen LogP contribution is 2.38. The Kier molecular flexibility index (Phi) is 4.42. The molecule has 1 aromatic heterocycles. The van der Waals surface area contributed by atoms with Gasteiger partial charge in [-0.25, -0.2) is 0 Å². The fraction of sp³-hybridized carbons (Fsp3) is 0.136. The van der Waals surface area contributed by atoms with Crippen LogP contribution in [-0.2, 0) is 0 Å². The van der Waals surface area contributed by atoms with Gasteiger partial charge in [0, 0.05) is 11.6 Å². The molecule has 0 aliphatic heterocycles. The van der Waals surface area contributed by atoms with Crippen LogP contribution < -0.4 is 10.1 Å². The number of hydrogen-bond acceptors (Lipinski definition) is 5. The van der Waals surface area contributed by atoms with E-state index in [1.54, 1.807) is 13.2 Å². The van der Waals surface area contributed by atoms with Gasteiger partial charge in [-0.05, 0) is 41.5 Å². The summed E-state index contributed by atoms with van der Waals surface area (Å²) in [5, 5.41) is 20.2. The van der Waals surface area contributed by atoms with Crippen LogP contribution in [0.4, 0.5) is 5.82 Å². The summed E-state index contributed by atoms with van der Waals surface area (Å²) >= 11 is 0. The van der Waals surface area contributed by atoms with Crippen molar-refractivity contribution in [3.05, 3.63) is 83.6 Å². The SMILES string of the molecule is COc1ccc(C(Nc2cc(C)on2)c2c(O)ccc3ccccc23)cc1. The van der Waals surface area contributed by atoms with Crippen LogP contribution >= 0.6 is 0 Å². The first-order valence-corrected chi connectivity index (χ1v) is 8.70. The normalized spacial score (nSPS) is 12.1. The molecule has 4 aromatic rings. The van der Waals surface area contributed by atoms with Gasteiger partial charge in [-0.2, -0.15) is 0 Å². The Labute approximate surface area is 157 Å². The number of anilines is 1. The van der Waals surface area contributed by atoms with E-state index in [0.717, 1.165) is 27.6 Å². The van der Waals surface area contributed by atoms with Gasteiger partial charge in [-0.1, -0.05) is 47.6 Å². The first kappa shape index (κ1) is 17.0. The van der Waals surface area contributed by atoms with Crippen molar-refractivity contribution in [2.75, 3.05) is 12.4 Å². The number of nitrogens with one attached hydrogen (secondary N) is 1. The van der Waals surface area contributed by atoms with Gasteiger partial charge in [-0.3, -0.25) is 0 Å². The first-order valence-electron chi connectivity index (χ1n) is 8.70. The van der Waals surface area contributed by atoms with Crippen molar-refractivity contribution in [3.8, 4) is 11.5 Å². The lowest BCUT2D eigenvalue weighted by Crippen LogP contribution is -2.13. The molecule has 0 amide bonds. The minimum Gasteiger partial charge on any atom is -0.508 e. The van der Waals surface area contributed by atoms with Crippen molar-refractivity contribution in [1.82, 2.24) is 5.16 Å². The standard InChI is InChI=1S/C22H20N2O3/c1-14-13-20(24-27-14)23-22(16-7-10-17(26-2)11-8-16)21-18-6-4-3-5-15(18)9-12-19(21)25/h3-13,22,25H,1-2H3,(H,23,24). The Balaban J connectivity index is 1.88. The zero-order valence-corrected chi connectivity index (χ0v) is 15.1. The van der Waals surface area contributed by atoms with Crippen LogP contribution in [-0.4, -0.2) is 17.4 Å². The molecule has 0 radical (unpaired) electrons. The number of phenolic OH excluding ortho intramolecular Hbond substituents is 1. The van der Waals surface area contributed by atoms with E-state index in [1.165, 1.54) is 0 Å². The molecule has 4 rings (SSSR count). The molecule has 1 heterocycles. The predicted octanol–water partition coefficient (Wildman–Crippen LogP) is 5.05. The van der Waals surface area contributed by atoms with Gasteiger partial charge in [0.1, 0.15) is 17.3 Å². The van der Waals surface area contributed by atoms with Crippen molar-refractivity contribution in [2.24, 2.45) is 0 Å². The molecule has 1 unspecified atom stereocenters. The molecule has 0 saturated heterocycles. The number of aryl methyl sites for hydroxylation is 1. The highest BCUT2D eigenvalue weighted by Gasteiger charge is 2.22. The lowest BCUT2D eigenvalue weighted by molar-refractivity contribution is 0.399. The van der Waals surface area contributed by atoms with Gasteiger partial charge in [-0.15, -0.1) is 0 Å². The Morgan fingerprint density at radius 1 is 1.04 bits per heavy atom. The van der Waals surface area contributed by atoms with Crippen molar-refractivity contribution >= 4 is 16.6 Å². The molecule has 5 heteroatoms. The molecule has 3 aromatic carbocycles. The highest BCUT2D eigenvalue weighted by atomic mass is 16.5. The lowest BCUT2D eigenvalue weighted by atomic mass is 9.92. The van der Waals surface area contributed by atoms with Crippen LogP contribution in [0.3, 0.4) is 0 Å². The number of benzene rings is 3. The van der Waals surface area contributed by atoms with Gasteiger partial charge < -0.3 is 19.7 Å². The third-order valence-electron chi connectivity index (χ3n) is 4.61. The zero-order chi connectivity index (χ0) is 18.8. The average molecular weight is 360 g/mol. The summed E-state index contributed by atoms with van der Waals surface area (Å²) < 4.78 is 10.5. The second-order valence-corrected chi connectivity index (χ2v) is 6.39. The molecule has 0 saturated carbocycles. The minimum atomic E-state index is -0.313. The fourth-order valence-electron chi connectivity index (χ4n) is 3.29. The van der Waals surface area contributed by atoms with Gasteiger partial charge in [0.2, 0.25) is 0 Å². The summed E-state index contributed by atoms with van der Waals surface area (Å²) in [7, 11) is 1.64. The van der Waals surface area contributed by atoms with E-state index in [1.807, 2.05) is 67.6 Å². The maximum absolute atomic E-state index is 10.7. The van der Waals surface area contributed by atoms with Crippen LogP contribution in [0.5, 0.6) is 11.5 Å². The van der Waals surface area contributed by atoms with E-state index in [-0.39, 0.29) is 11.8 Å². The van der Waals surface area contributed by atoms with E-state index >= 15 is 0 Å². The molecule has 0 spiro atoms. The molecule has 0 aliphatic rings. The summed E-state index contributed by atoms with van der Waals surface area (Å²) in [4.78, 5) is 0. The number of methoxy groups -OCH3 is 1. The average Bonchev–Trinajstić information content (AvgIpc) is 3.11. The summed E-state index contributed by atoms with van der Waals surface area (Å²) in [5.41, 5.74) is 1.77. The van der Waals surface area contributed by atoms with Crippen LogP contribution in [0.25, 0.3) is 10.8 Å². The Morgan fingerprint density at radius 2 is 1.81 bits per heavy atom. The quantitative estimate of drug-likeness (QED) is 0.521. The topological polar surface area (TPSA) is 67.5 Å². The number of ether oxygens (including phenoxy) is 1. The van der Waals surface area contributed by atoms with E-state index in [2.05, 4.69) is 10.5 Å². The molecule has 0 aliphatic carbocycles. The summed E-state index contributed by atoms with van der Waals surface area (Å²) in [5.74, 6) is 2.33. The van der Waals surface area contributed by atoms with Gasteiger partial charge >= 0.3 is 0 Å². The van der Waals surface area contributed by atoms with Crippen molar-refractivity contribution in [1.29, 1.82) is 0 Å². The predicted molar refractivity (Wildman–Crippen MR) is 105 cm³/mol. The number of aromatic hydroxyl groups is 1. The fourth-order valence-corrected chi connectivity index (χ4v) is 3.29. The van der Waals surface area contributed by atoms with E-state index < -0.39 is 0 Å². The van der Waals surface area contributed by atoms with Crippen molar-refractivity contribution in [2.45, 2.75) is 13.0 Å². The lowest BCUT2D eigenvalue weighted by Gasteiger charge is -2.22. The summed E-state index contributed by atoms with van der Waals surface area (Å²) in [6.45, 7) is 1.84. The molecule has 0 fully saturated rings. The number of rotatable bonds is 5. The first-order chi connectivity index (χ1) is 13.2. The highest BCUT2D eigenvalue weighted by molar-refractivity contribution is 5.89. The second-order valence-electron chi connectivity index (χ2n) is 6.39. The molecular formula is C22H20N2O3. The third-order valence-corrected chi connectivity index (χ3v) is 4.61. The second kappa shape index (κ2) is 7.03. The van der Waals surface area contributed by atoms with Crippen molar-refractivity contribution < 1.29 is 14.4 Å². The zero-order valence-electron chi connectivity index (χ0n) is 15.1. The molecule has 27 heavy (non-hydrogen) atoms. The molecule has 5 nitrogen and oxygen atoms in total. The van der Waals surface area contributed by atoms with E-state index in [9.17, 15) is 5.11 Å². The van der Waals surface area contributed by atoms with Crippen LogP contribution in [0.1, 0.15) is 22.9 Å².